The number of benzene rings is 2. The Bertz CT molecular complexity index is 1010. The number of hydrogen-bond acceptors (Lipinski definition) is 5. The van der Waals surface area contributed by atoms with Gasteiger partial charge in [-0.1, -0.05) is 12.1 Å². The van der Waals surface area contributed by atoms with Crippen molar-refractivity contribution in [3.05, 3.63) is 95.7 Å². The van der Waals surface area contributed by atoms with Crippen molar-refractivity contribution in [1.29, 1.82) is 0 Å². The summed E-state index contributed by atoms with van der Waals surface area (Å²) in [6, 6.07) is 15.1. The van der Waals surface area contributed by atoms with Crippen molar-refractivity contribution < 1.29 is 23.1 Å². The molecule has 3 rings (SSSR count). The average Bonchev–Trinajstić information content (AvgIpc) is 3.21. The van der Waals surface area contributed by atoms with Crippen LogP contribution in [0.3, 0.4) is 0 Å². The number of hydrazone groups is 1. The predicted molar refractivity (Wildman–Crippen MR) is 101 cm³/mol. The summed E-state index contributed by atoms with van der Waals surface area (Å²) in [6.07, 6.45) is 5.65. The van der Waals surface area contributed by atoms with Crippen molar-refractivity contribution in [2.75, 3.05) is 0 Å². The molecular formula is C21H15FN2O4. The van der Waals surface area contributed by atoms with E-state index in [-0.39, 0.29) is 5.56 Å². The fourth-order valence-corrected chi connectivity index (χ4v) is 2.18. The Morgan fingerprint density at radius 2 is 1.89 bits per heavy atom. The molecule has 7 heteroatoms. The Labute approximate surface area is 159 Å². The summed E-state index contributed by atoms with van der Waals surface area (Å²) >= 11 is 0. The second-order valence-corrected chi connectivity index (χ2v) is 5.55. The molecule has 0 unspecified atom stereocenters. The van der Waals surface area contributed by atoms with Crippen LogP contribution in [0.1, 0.15) is 21.7 Å². The van der Waals surface area contributed by atoms with Crippen molar-refractivity contribution >= 4 is 24.2 Å². The average molecular weight is 378 g/mol. The lowest BCUT2D eigenvalue weighted by Crippen LogP contribution is -2.17. The van der Waals surface area contributed by atoms with E-state index in [0.717, 1.165) is 0 Å². The molecule has 0 bridgehead atoms. The molecule has 2 aromatic carbocycles. The van der Waals surface area contributed by atoms with E-state index in [1.165, 1.54) is 48.9 Å². The summed E-state index contributed by atoms with van der Waals surface area (Å²) in [6.45, 7) is 0. The SMILES string of the molecule is O=C(/C=C/c1ccco1)Oc1cccc(/C=N\NC(=O)c2ccc(F)cc2)c1. The van der Waals surface area contributed by atoms with Gasteiger partial charge in [-0.3, -0.25) is 4.79 Å². The van der Waals surface area contributed by atoms with Crippen molar-refractivity contribution in [2.24, 2.45) is 5.10 Å². The highest BCUT2D eigenvalue weighted by Crippen LogP contribution is 2.13. The molecule has 0 spiro atoms. The fraction of sp³-hybridized carbons (Fsp3) is 0. The van der Waals surface area contributed by atoms with Gasteiger partial charge in [-0.15, -0.1) is 0 Å². The molecule has 0 aliphatic rings. The molecule has 3 aromatic rings. The van der Waals surface area contributed by atoms with E-state index in [4.69, 9.17) is 9.15 Å². The largest absolute Gasteiger partial charge is 0.465 e. The topological polar surface area (TPSA) is 80.9 Å². The lowest BCUT2D eigenvalue weighted by molar-refractivity contribution is -0.128. The normalized spacial score (nSPS) is 11.0. The maximum Gasteiger partial charge on any atom is 0.336 e. The third-order valence-electron chi connectivity index (χ3n) is 3.49. The van der Waals surface area contributed by atoms with Gasteiger partial charge in [-0.25, -0.2) is 14.6 Å². The zero-order chi connectivity index (χ0) is 19.8. The zero-order valence-electron chi connectivity index (χ0n) is 14.5. The van der Waals surface area contributed by atoms with E-state index in [2.05, 4.69) is 10.5 Å². The third kappa shape index (κ3) is 5.50. The first kappa shape index (κ1) is 18.8. The van der Waals surface area contributed by atoms with Gasteiger partial charge in [0, 0.05) is 11.6 Å². The smallest absolute Gasteiger partial charge is 0.336 e. The van der Waals surface area contributed by atoms with Crippen LogP contribution in [0, 0.1) is 5.82 Å². The number of esters is 1. The Kier molecular flexibility index (Phi) is 6.10. The van der Waals surface area contributed by atoms with Gasteiger partial charge in [0.25, 0.3) is 5.91 Å². The minimum absolute atomic E-state index is 0.282. The number of ether oxygens (including phenoxy) is 1. The maximum atomic E-state index is 12.9. The van der Waals surface area contributed by atoms with Crippen LogP contribution in [-0.2, 0) is 4.79 Å². The van der Waals surface area contributed by atoms with Gasteiger partial charge in [0.15, 0.2) is 0 Å². The van der Waals surface area contributed by atoms with Gasteiger partial charge in [-0.05, 0) is 60.2 Å². The lowest BCUT2D eigenvalue weighted by atomic mass is 10.2. The van der Waals surface area contributed by atoms with E-state index in [1.807, 2.05) is 0 Å². The molecule has 0 saturated carbocycles. The monoisotopic (exact) mass is 378 g/mol. The highest BCUT2D eigenvalue weighted by atomic mass is 19.1. The highest BCUT2D eigenvalue weighted by molar-refractivity contribution is 5.95. The first-order chi connectivity index (χ1) is 13.6. The molecule has 0 radical (unpaired) electrons. The molecule has 0 aliphatic heterocycles. The van der Waals surface area contributed by atoms with Crippen molar-refractivity contribution in [3.8, 4) is 5.75 Å². The number of carbonyl (C=O) groups is 2. The standard InChI is InChI=1S/C21H15FN2O4/c22-17-8-6-16(7-9-17)21(26)24-23-14-15-3-1-4-19(13-15)28-20(25)11-10-18-5-2-12-27-18/h1-14H,(H,24,26)/b11-10+,23-14-. The number of rotatable bonds is 6. The zero-order valence-corrected chi connectivity index (χ0v) is 14.5. The number of carbonyl (C=O) groups excluding carboxylic acids is 2. The molecule has 0 saturated heterocycles. The second-order valence-electron chi connectivity index (χ2n) is 5.55. The summed E-state index contributed by atoms with van der Waals surface area (Å²) in [4.78, 5) is 23.7. The molecule has 1 aromatic heterocycles. The van der Waals surface area contributed by atoms with Crippen LogP contribution in [-0.4, -0.2) is 18.1 Å². The summed E-state index contributed by atoms with van der Waals surface area (Å²) in [7, 11) is 0. The first-order valence-electron chi connectivity index (χ1n) is 8.22. The molecule has 1 N–H and O–H groups in total. The van der Waals surface area contributed by atoms with Crippen LogP contribution in [0.5, 0.6) is 5.75 Å². The van der Waals surface area contributed by atoms with Crippen LogP contribution in [0.15, 0.2) is 82.5 Å². The number of halogens is 1. The molecule has 1 heterocycles. The summed E-state index contributed by atoms with van der Waals surface area (Å²) in [5, 5.41) is 3.85. The number of nitrogens with one attached hydrogen (secondary N) is 1. The van der Waals surface area contributed by atoms with Crippen LogP contribution in [0.4, 0.5) is 4.39 Å². The highest BCUT2D eigenvalue weighted by Gasteiger charge is 2.04. The molecule has 6 nitrogen and oxygen atoms in total. The summed E-state index contributed by atoms with van der Waals surface area (Å²) < 4.78 is 23.2. The molecule has 28 heavy (non-hydrogen) atoms. The minimum atomic E-state index is -0.560. The summed E-state index contributed by atoms with van der Waals surface area (Å²) in [5.41, 5.74) is 3.23. The number of nitrogens with zero attached hydrogens (tertiary/aromatic N) is 1. The van der Waals surface area contributed by atoms with Crippen LogP contribution in [0.25, 0.3) is 6.08 Å². The van der Waals surface area contributed by atoms with E-state index < -0.39 is 17.7 Å². The van der Waals surface area contributed by atoms with Gasteiger partial charge in [0.1, 0.15) is 17.3 Å². The fourth-order valence-electron chi connectivity index (χ4n) is 2.18. The quantitative estimate of drug-likeness (QED) is 0.233. The maximum absolute atomic E-state index is 12.9. The van der Waals surface area contributed by atoms with Gasteiger partial charge in [0.2, 0.25) is 0 Å². The van der Waals surface area contributed by atoms with Gasteiger partial charge >= 0.3 is 5.97 Å². The van der Waals surface area contributed by atoms with Crippen LogP contribution >= 0.6 is 0 Å². The molecular weight excluding hydrogens is 363 g/mol. The summed E-state index contributed by atoms with van der Waals surface area (Å²) in [5.74, 6) is -0.597. The Balaban J connectivity index is 1.56. The Hall–Kier alpha value is -4.00. The Morgan fingerprint density at radius 3 is 2.64 bits per heavy atom. The van der Waals surface area contributed by atoms with E-state index in [1.54, 1.807) is 36.4 Å². The number of amides is 1. The molecule has 0 atom stereocenters. The van der Waals surface area contributed by atoms with Crippen LogP contribution < -0.4 is 10.2 Å². The number of hydrogen-bond donors (Lipinski definition) is 1. The molecule has 140 valence electrons. The second kappa shape index (κ2) is 9.09. The van der Waals surface area contributed by atoms with E-state index >= 15 is 0 Å². The van der Waals surface area contributed by atoms with Crippen molar-refractivity contribution in [1.82, 2.24) is 5.43 Å². The first-order valence-corrected chi connectivity index (χ1v) is 8.22. The Morgan fingerprint density at radius 1 is 1.07 bits per heavy atom. The van der Waals surface area contributed by atoms with Gasteiger partial charge in [0.05, 0.1) is 12.5 Å². The van der Waals surface area contributed by atoms with E-state index in [9.17, 15) is 14.0 Å². The van der Waals surface area contributed by atoms with Crippen LogP contribution in [0.2, 0.25) is 0 Å². The third-order valence-corrected chi connectivity index (χ3v) is 3.49. The van der Waals surface area contributed by atoms with E-state index in [0.29, 0.717) is 17.1 Å². The minimum Gasteiger partial charge on any atom is -0.465 e. The van der Waals surface area contributed by atoms with Crippen molar-refractivity contribution in [3.63, 3.8) is 0 Å². The lowest BCUT2D eigenvalue weighted by Gasteiger charge is -2.02. The van der Waals surface area contributed by atoms with Crippen molar-refractivity contribution in [2.45, 2.75) is 0 Å². The van der Waals surface area contributed by atoms with Gasteiger partial charge < -0.3 is 9.15 Å². The molecule has 1 amide bonds. The molecule has 0 fully saturated rings. The van der Waals surface area contributed by atoms with Gasteiger partial charge in [-0.2, -0.15) is 5.10 Å². The predicted octanol–water partition coefficient (Wildman–Crippen LogP) is 3.80. The molecule has 0 aliphatic carbocycles. The number of furan rings is 1.